The third kappa shape index (κ3) is 4.76. The van der Waals surface area contributed by atoms with Gasteiger partial charge in [-0.2, -0.15) is 0 Å². The molecular formula is C27H37NO4S. The van der Waals surface area contributed by atoms with Gasteiger partial charge < -0.3 is 20.3 Å². The number of aliphatic hydroxyl groups excluding tert-OH is 2. The second kappa shape index (κ2) is 9.49. The van der Waals surface area contributed by atoms with Crippen molar-refractivity contribution < 1.29 is 19.7 Å². The van der Waals surface area contributed by atoms with Crippen molar-refractivity contribution in [2.75, 3.05) is 26.3 Å². The maximum absolute atomic E-state index is 13.1. The van der Waals surface area contributed by atoms with Crippen LogP contribution in [0.2, 0.25) is 0 Å². The molecule has 1 aromatic carbocycles. The van der Waals surface area contributed by atoms with E-state index in [0.717, 1.165) is 46.1 Å². The van der Waals surface area contributed by atoms with Gasteiger partial charge in [-0.15, -0.1) is 11.3 Å². The van der Waals surface area contributed by atoms with Crippen LogP contribution in [0.3, 0.4) is 0 Å². The molecular weight excluding hydrogens is 434 g/mol. The molecule has 3 atom stereocenters. The molecule has 0 amide bonds. The standard InChI is InChI=1S/C27H37NO4S/c1-15-10-18(11-16(2)25(15)32-14-19(30)13-28-8-9-29)6-7-22(31)26-20-12-21-24(27(21,4)5)23(20)17(3)33-26/h10-11,19,21,24,28-30H,6-9,12-14H2,1-5H3/t19?,21-,24-/m1/s1. The molecule has 1 fully saturated rings. The van der Waals surface area contributed by atoms with Gasteiger partial charge in [0.1, 0.15) is 18.5 Å². The van der Waals surface area contributed by atoms with Gasteiger partial charge in [-0.1, -0.05) is 26.0 Å². The first-order chi connectivity index (χ1) is 15.6. The van der Waals surface area contributed by atoms with E-state index in [1.165, 1.54) is 16.0 Å². The number of thiophene rings is 1. The Labute approximate surface area is 201 Å². The Morgan fingerprint density at radius 3 is 2.64 bits per heavy atom. The second-order valence-electron chi connectivity index (χ2n) is 10.4. The number of Topliss-reactive ketones (excluding diaryl/α,β-unsaturated/α-hetero) is 1. The van der Waals surface area contributed by atoms with Crippen LogP contribution in [0.25, 0.3) is 0 Å². The number of benzene rings is 1. The van der Waals surface area contributed by atoms with Crippen molar-refractivity contribution in [3.63, 3.8) is 0 Å². The van der Waals surface area contributed by atoms with E-state index in [0.29, 0.717) is 30.8 Å². The van der Waals surface area contributed by atoms with Crippen molar-refractivity contribution in [1.82, 2.24) is 5.32 Å². The van der Waals surface area contributed by atoms with E-state index < -0.39 is 6.10 Å². The summed E-state index contributed by atoms with van der Waals surface area (Å²) in [5.41, 5.74) is 6.42. The zero-order valence-corrected chi connectivity index (χ0v) is 21.3. The first kappa shape index (κ1) is 24.4. The number of rotatable bonds is 11. The van der Waals surface area contributed by atoms with E-state index in [4.69, 9.17) is 9.84 Å². The maximum Gasteiger partial charge on any atom is 0.173 e. The Kier molecular flexibility index (Phi) is 7.02. The number of ketones is 1. The van der Waals surface area contributed by atoms with Crippen molar-refractivity contribution in [2.24, 2.45) is 11.3 Å². The molecule has 4 rings (SSSR count). The van der Waals surface area contributed by atoms with Crippen molar-refractivity contribution in [3.05, 3.63) is 49.7 Å². The number of aryl methyl sites for hydroxylation is 4. The predicted molar refractivity (Wildman–Crippen MR) is 133 cm³/mol. The Morgan fingerprint density at radius 2 is 1.97 bits per heavy atom. The third-order valence-corrected chi connectivity index (χ3v) is 8.73. The van der Waals surface area contributed by atoms with Gasteiger partial charge in [0.25, 0.3) is 0 Å². The molecule has 6 heteroatoms. The van der Waals surface area contributed by atoms with Gasteiger partial charge in [-0.05, 0) is 78.7 Å². The van der Waals surface area contributed by atoms with Crippen LogP contribution in [0.15, 0.2) is 12.1 Å². The normalized spacial score (nSPS) is 20.9. The molecule has 1 aromatic heterocycles. The number of hydrogen-bond donors (Lipinski definition) is 3. The summed E-state index contributed by atoms with van der Waals surface area (Å²) in [7, 11) is 0. The summed E-state index contributed by atoms with van der Waals surface area (Å²) in [5.74, 6) is 2.45. The number of carbonyl (C=O) groups excluding carboxylic acids is 1. The minimum atomic E-state index is -0.639. The summed E-state index contributed by atoms with van der Waals surface area (Å²) in [4.78, 5) is 15.5. The van der Waals surface area contributed by atoms with Gasteiger partial charge in [0.15, 0.2) is 5.78 Å². The molecule has 0 radical (unpaired) electrons. The average molecular weight is 472 g/mol. The lowest BCUT2D eigenvalue weighted by atomic mass is 9.93. The fourth-order valence-corrected chi connectivity index (χ4v) is 6.93. The molecule has 1 saturated carbocycles. The Hall–Kier alpha value is -1.73. The lowest BCUT2D eigenvalue weighted by Gasteiger charge is -2.17. The zero-order chi connectivity index (χ0) is 23.9. The highest BCUT2D eigenvalue weighted by atomic mass is 32.1. The minimum Gasteiger partial charge on any atom is -0.490 e. The molecule has 180 valence electrons. The molecule has 0 saturated heterocycles. The molecule has 2 aliphatic carbocycles. The summed E-state index contributed by atoms with van der Waals surface area (Å²) in [6.45, 7) is 12.0. The second-order valence-corrected chi connectivity index (χ2v) is 11.6. The zero-order valence-electron chi connectivity index (χ0n) is 20.5. The molecule has 3 N–H and O–H groups in total. The molecule has 1 unspecified atom stereocenters. The van der Waals surface area contributed by atoms with Crippen LogP contribution >= 0.6 is 11.3 Å². The molecule has 0 bridgehead atoms. The summed E-state index contributed by atoms with van der Waals surface area (Å²) >= 11 is 1.70. The van der Waals surface area contributed by atoms with Gasteiger partial charge in [0.2, 0.25) is 0 Å². The summed E-state index contributed by atoms with van der Waals surface area (Å²) < 4.78 is 5.88. The van der Waals surface area contributed by atoms with E-state index in [2.05, 4.69) is 38.2 Å². The number of fused-ring (bicyclic) bond motifs is 3. The van der Waals surface area contributed by atoms with Crippen LogP contribution in [0, 0.1) is 32.1 Å². The van der Waals surface area contributed by atoms with Crippen molar-refractivity contribution in [2.45, 2.75) is 65.9 Å². The average Bonchev–Trinajstić information content (AvgIpc) is 3.07. The molecule has 2 aliphatic rings. The van der Waals surface area contributed by atoms with E-state index in [1.807, 2.05) is 13.8 Å². The van der Waals surface area contributed by atoms with Gasteiger partial charge in [0, 0.05) is 24.4 Å². The molecule has 0 spiro atoms. The van der Waals surface area contributed by atoms with Crippen LogP contribution in [0.1, 0.15) is 68.6 Å². The molecule has 0 aliphatic heterocycles. The Bertz CT molecular complexity index is 1020. The molecule has 1 heterocycles. The van der Waals surface area contributed by atoms with Crippen molar-refractivity contribution in [3.8, 4) is 5.75 Å². The molecule has 33 heavy (non-hydrogen) atoms. The smallest absolute Gasteiger partial charge is 0.173 e. The first-order valence-electron chi connectivity index (χ1n) is 12.0. The van der Waals surface area contributed by atoms with Gasteiger partial charge in [-0.3, -0.25) is 4.79 Å². The van der Waals surface area contributed by atoms with Crippen molar-refractivity contribution in [1.29, 1.82) is 0 Å². The lowest BCUT2D eigenvalue weighted by Crippen LogP contribution is -2.33. The maximum atomic E-state index is 13.1. The van der Waals surface area contributed by atoms with Crippen LogP contribution in [-0.4, -0.2) is 48.4 Å². The Balaban J connectivity index is 1.35. The predicted octanol–water partition coefficient (Wildman–Crippen LogP) is 4.11. The number of aliphatic hydroxyl groups is 2. The quantitative estimate of drug-likeness (QED) is 0.340. The van der Waals surface area contributed by atoms with Gasteiger partial charge in [-0.25, -0.2) is 0 Å². The largest absolute Gasteiger partial charge is 0.490 e. The highest BCUT2D eigenvalue weighted by molar-refractivity contribution is 7.14. The van der Waals surface area contributed by atoms with E-state index >= 15 is 0 Å². The molecule has 5 nitrogen and oxygen atoms in total. The number of nitrogens with one attached hydrogen (secondary N) is 1. The first-order valence-corrected chi connectivity index (χ1v) is 12.8. The third-order valence-electron chi connectivity index (χ3n) is 7.52. The lowest BCUT2D eigenvalue weighted by molar-refractivity contribution is 0.0985. The number of ether oxygens (including phenoxy) is 1. The highest BCUT2D eigenvalue weighted by Crippen LogP contribution is 2.71. The van der Waals surface area contributed by atoms with Gasteiger partial charge >= 0.3 is 0 Å². The summed E-state index contributed by atoms with van der Waals surface area (Å²) in [5, 5.41) is 21.8. The van der Waals surface area contributed by atoms with Gasteiger partial charge in [0.05, 0.1) is 11.5 Å². The minimum absolute atomic E-state index is 0.0452. The molecule has 2 aromatic rings. The SMILES string of the molecule is Cc1cc(CCC(=O)c2sc(C)c3c2C[C@@H]2[C@H]3C2(C)C)cc(C)c1OCC(O)CNCCO. The van der Waals surface area contributed by atoms with Crippen LogP contribution < -0.4 is 10.1 Å². The summed E-state index contributed by atoms with van der Waals surface area (Å²) in [6.07, 6.45) is 1.68. The van der Waals surface area contributed by atoms with E-state index in [9.17, 15) is 9.90 Å². The van der Waals surface area contributed by atoms with Crippen LogP contribution in [0.4, 0.5) is 0 Å². The number of hydrogen-bond acceptors (Lipinski definition) is 6. The van der Waals surface area contributed by atoms with Crippen LogP contribution in [-0.2, 0) is 12.8 Å². The van der Waals surface area contributed by atoms with Crippen LogP contribution in [0.5, 0.6) is 5.75 Å². The fourth-order valence-electron chi connectivity index (χ4n) is 5.73. The highest BCUT2D eigenvalue weighted by Gasteiger charge is 2.63. The van der Waals surface area contributed by atoms with Crippen molar-refractivity contribution >= 4 is 17.1 Å². The van der Waals surface area contributed by atoms with E-state index in [1.54, 1.807) is 11.3 Å². The number of carbonyl (C=O) groups is 1. The topological polar surface area (TPSA) is 78.8 Å². The summed E-state index contributed by atoms with van der Waals surface area (Å²) in [6, 6.07) is 4.18. The fraction of sp³-hybridized carbons (Fsp3) is 0.593. The monoisotopic (exact) mass is 471 g/mol. The van der Waals surface area contributed by atoms with E-state index in [-0.39, 0.29) is 19.0 Å². The Morgan fingerprint density at radius 1 is 1.27 bits per heavy atom.